The van der Waals surface area contributed by atoms with Gasteiger partial charge in [-0.3, -0.25) is 9.59 Å². The van der Waals surface area contributed by atoms with E-state index in [0.717, 1.165) is 12.1 Å². The number of benzene rings is 1. The number of rotatable bonds is 3. The average molecular weight is 256 g/mol. The summed E-state index contributed by atoms with van der Waals surface area (Å²) < 4.78 is 0. The van der Waals surface area contributed by atoms with E-state index in [1.54, 1.807) is 36.1 Å². The molecule has 0 N–H and O–H groups in total. The second-order valence-corrected chi connectivity index (χ2v) is 4.66. The van der Waals surface area contributed by atoms with Crippen LogP contribution in [0.5, 0.6) is 0 Å². The zero-order chi connectivity index (χ0) is 13.8. The fraction of sp³-hybridized carbons (Fsp3) is 0.400. The quantitative estimate of drug-likeness (QED) is 0.779. The van der Waals surface area contributed by atoms with Crippen molar-refractivity contribution in [3.8, 4) is 6.07 Å². The number of hydrogen-bond acceptors (Lipinski definition) is 3. The predicted molar refractivity (Wildman–Crippen MR) is 71.5 cm³/mol. The summed E-state index contributed by atoms with van der Waals surface area (Å²) in [5.74, 6) is -0.583. The minimum atomic E-state index is -0.491. The molecule has 0 aliphatic carbocycles. The second-order valence-electron chi connectivity index (χ2n) is 4.66. The van der Waals surface area contributed by atoms with Crippen molar-refractivity contribution in [2.24, 2.45) is 5.92 Å². The minimum Gasteiger partial charge on any atom is -0.312 e. The molecular weight excluding hydrogens is 240 g/mol. The molecule has 1 aromatic carbocycles. The number of amides is 1. The Morgan fingerprint density at radius 2 is 2.11 bits per heavy atom. The minimum absolute atomic E-state index is 0.0170. The van der Waals surface area contributed by atoms with Crippen molar-refractivity contribution in [1.29, 1.82) is 5.26 Å². The van der Waals surface area contributed by atoms with Crippen molar-refractivity contribution in [3.63, 3.8) is 0 Å². The number of ketones is 1. The van der Waals surface area contributed by atoms with Crippen LogP contribution in [0, 0.1) is 17.2 Å². The molecule has 1 aliphatic rings. The lowest BCUT2D eigenvalue weighted by atomic mass is 9.91. The maximum absolute atomic E-state index is 12.3. The summed E-state index contributed by atoms with van der Waals surface area (Å²) in [7, 11) is 0. The van der Waals surface area contributed by atoms with E-state index in [-0.39, 0.29) is 11.7 Å². The van der Waals surface area contributed by atoms with E-state index in [4.69, 9.17) is 5.26 Å². The fourth-order valence-corrected chi connectivity index (χ4v) is 2.39. The highest BCUT2D eigenvalue weighted by molar-refractivity contribution is 6.08. The lowest BCUT2D eigenvalue weighted by molar-refractivity contribution is -0.133. The van der Waals surface area contributed by atoms with E-state index in [2.05, 4.69) is 0 Å². The second kappa shape index (κ2) is 5.66. The summed E-state index contributed by atoms with van der Waals surface area (Å²) in [6.07, 6.45) is 1.89. The monoisotopic (exact) mass is 256 g/mol. The van der Waals surface area contributed by atoms with Crippen LogP contribution >= 0.6 is 0 Å². The van der Waals surface area contributed by atoms with Gasteiger partial charge in [-0.05, 0) is 37.1 Å². The van der Waals surface area contributed by atoms with Gasteiger partial charge >= 0.3 is 0 Å². The Bertz CT molecular complexity index is 528. The van der Waals surface area contributed by atoms with Crippen molar-refractivity contribution < 1.29 is 9.59 Å². The molecule has 0 saturated carbocycles. The molecule has 98 valence electrons. The highest BCUT2D eigenvalue weighted by Gasteiger charge is 2.33. The first kappa shape index (κ1) is 13.3. The number of hydrogen-bond donors (Lipinski definition) is 0. The Labute approximate surface area is 112 Å². The molecule has 0 aromatic heterocycles. The van der Waals surface area contributed by atoms with Gasteiger partial charge < -0.3 is 4.90 Å². The molecule has 0 spiro atoms. The van der Waals surface area contributed by atoms with Crippen molar-refractivity contribution >= 4 is 17.4 Å². The largest absolute Gasteiger partial charge is 0.312 e. The van der Waals surface area contributed by atoms with E-state index in [1.807, 2.05) is 6.07 Å². The number of carbonyl (C=O) groups excluding carboxylic acids is 2. The van der Waals surface area contributed by atoms with Crippen molar-refractivity contribution in [2.75, 3.05) is 11.4 Å². The molecule has 4 nitrogen and oxygen atoms in total. The molecule has 1 amide bonds. The lowest BCUT2D eigenvalue weighted by Crippen LogP contribution is -2.44. The first-order valence-electron chi connectivity index (χ1n) is 6.51. The molecule has 4 heteroatoms. The summed E-state index contributed by atoms with van der Waals surface area (Å²) in [4.78, 5) is 25.7. The normalized spacial score (nSPS) is 19.1. The molecule has 0 bridgehead atoms. The summed E-state index contributed by atoms with van der Waals surface area (Å²) in [6.45, 7) is 2.43. The first-order valence-corrected chi connectivity index (χ1v) is 6.51. The van der Waals surface area contributed by atoms with Gasteiger partial charge in [0, 0.05) is 18.7 Å². The van der Waals surface area contributed by atoms with E-state index in [0.29, 0.717) is 24.9 Å². The van der Waals surface area contributed by atoms with Crippen molar-refractivity contribution in [1.82, 2.24) is 0 Å². The Hall–Kier alpha value is -2.15. The molecular formula is C15H16N2O2. The number of anilines is 1. The molecule has 1 atom stereocenters. The van der Waals surface area contributed by atoms with Gasteiger partial charge in [-0.15, -0.1) is 0 Å². The van der Waals surface area contributed by atoms with Crippen molar-refractivity contribution in [2.45, 2.75) is 26.2 Å². The zero-order valence-electron chi connectivity index (χ0n) is 10.9. The summed E-state index contributed by atoms with van der Waals surface area (Å²) in [6, 6.07) is 8.94. The number of nitriles is 1. The van der Waals surface area contributed by atoms with Gasteiger partial charge in [0.15, 0.2) is 0 Å². The third-order valence-corrected chi connectivity index (χ3v) is 3.48. The van der Waals surface area contributed by atoms with Crippen LogP contribution in [0.1, 0.15) is 31.7 Å². The fourth-order valence-electron chi connectivity index (χ4n) is 2.39. The molecule has 0 radical (unpaired) electrons. The van der Waals surface area contributed by atoms with Gasteiger partial charge in [-0.1, -0.05) is 6.92 Å². The first-order chi connectivity index (χ1) is 9.17. The maximum Gasteiger partial charge on any atom is 0.237 e. The van der Waals surface area contributed by atoms with Gasteiger partial charge in [-0.2, -0.15) is 5.26 Å². The molecule has 1 aromatic rings. The van der Waals surface area contributed by atoms with Gasteiger partial charge in [-0.25, -0.2) is 0 Å². The van der Waals surface area contributed by atoms with Crippen LogP contribution in [0.4, 0.5) is 5.69 Å². The molecule has 1 unspecified atom stereocenters. The van der Waals surface area contributed by atoms with Crippen LogP contribution in [0.2, 0.25) is 0 Å². The lowest BCUT2D eigenvalue weighted by Gasteiger charge is -2.31. The Balaban J connectivity index is 2.21. The Kier molecular flexibility index (Phi) is 3.96. The summed E-state index contributed by atoms with van der Waals surface area (Å²) in [5, 5.41) is 8.76. The van der Waals surface area contributed by atoms with Crippen LogP contribution in [-0.4, -0.2) is 18.2 Å². The molecule has 2 rings (SSSR count). The number of carbonyl (C=O) groups is 2. The maximum atomic E-state index is 12.3. The van der Waals surface area contributed by atoms with Crippen LogP contribution < -0.4 is 4.90 Å². The Morgan fingerprint density at radius 3 is 2.68 bits per heavy atom. The van der Waals surface area contributed by atoms with Gasteiger partial charge in [0.1, 0.15) is 5.78 Å². The topological polar surface area (TPSA) is 61.2 Å². The standard InChI is InChI=1S/C15H16N2O2/c1-2-14(18)13-4-3-9-17(15(13)19)12-7-5-11(10-16)6-8-12/h5-8,13H,2-4,9H2,1H3. The summed E-state index contributed by atoms with van der Waals surface area (Å²) >= 11 is 0. The highest BCUT2D eigenvalue weighted by atomic mass is 16.2. The van der Waals surface area contributed by atoms with Gasteiger partial charge in [0.25, 0.3) is 0 Å². The Morgan fingerprint density at radius 1 is 1.42 bits per heavy atom. The SMILES string of the molecule is CCC(=O)C1CCCN(c2ccc(C#N)cc2)C1=O. The summed E-state index contributed by atoms with van der Waals surface area (Å²) in [5.41, 5.74) is 1.33. The average Bonchev–Trinajstić information content (AvgIpc) is 2.47. The van der Waals surface area contributed by atoms with Crippen LogP contribution in [0.3, 0.4) is 0 Å². The highest BCUT2D eigenvalue weighted by Crippen LogP contribution is 2.25. The van der Waals surface area contributed by atoms with Crippen LogP contribution in [-0.2, 0) is 9.59 Å². The van der Waals surface area contributed by atoms with Crippen LogP contribution in [0.25, 0.3) is 0 Å². The van der Waals surface area contributed by atoms with Crippen molar-refractivity contribution in [3.05, 3.63) is 29.8 Å². The van der Waals surface area contributed by atoms with E-state index < -0.39 is 5.92 Å². The molecule has 1 saturated heterocycles. The number of piperidine rings is 1. The zero-order valence-corrected chi connectivity index (χ0v) is 10.9. The third kappa shape index (κ3) is 2.65. The smallest absolute Gasteiger partial charge is 0.237 e. The van der Waals surface area contributed by atoms with E-state index in [9.17, 15) is 9.59 Å². The van der Waals surface area contributed by atoms with Crippen LogP contribution in [0.15, 0.2) is 24.3 Å². The molecule has 19 heavy (non-hydrogen) atoms. The van der Waals surface area contributed by atoms with E-state index >= 15 is 0 Å². The third-order valence-electron chi connectivity index (χ3n) is 3.48. The number of Topliss-reactive ketones (excluding diaryl/α,β-unsaturated/α-hetero) is 1. The van der Waals surface area contributed by atoms with Gasteiger partial charge in [0.05, 0.1) is 17.6 Å². The molecule has 1 fully saturated rings. The van der Waals surface area contributed by atoms with Gasteiger partial charge in [0.2, 0.25) is 5.91 Å². The molecule has 1 aliphatic heterocycles. The molecule has 1 heterocycles. The predicted octanol–water partition coefficient (Wildman–Crippen LogP) is 2.28. The number of nitrogens with zero attached hydrogens (tertiary/aromatic N) is 2. The van der Waals surface area contributed by atoms with E-state index in [1.165, 1.54) is 0 Å².